The summed E-state index contributed by atoms with van der Waals surface area (Å²) in [5, 5.41) is 13.5. The van der Waals surface area contributed by atoms with E-state index in [1.54, 1.807) is 58.4 Å². The number of hydrogen-bond acceptors (Lipinski definition) is 8. The first kappa shape index (κ1) is 28.7. The maximum Gasteiger partial charge on any atom is 0.280 e. The molecule has 0 spiro atoms. The number of nitrogens with one attached hydrogen (secondary N) is 1. The monoisotopic (exact) mass is 631 g/mol. The maximum absolute atomic E-state index is 14.8. The van der Waals surface area contributed by atoms with Gasteiger partial charge in [-0.15, -0.1) is 0 Å². The van der Waals surface area contributed by atoms with Crippen molar-refractivity contribution in [1.82, 2.24) is 19.9 Å². The zero-order valence-electron chi connectivity index (χ0n) is 23.8. The third-order valence-electron chi connectivity index (χ3n) is 7.80. The van der Waals surface area contributed by atoms with Crippen LogP contribution < -0.4 is 14.4 Å². The van der Waals surface area contributed by atoms with Crippen LogP contribution in [0.4, 0.5) is 18.9 Å². The summed E-state index contributed by atoms with van der Waals surface area (Å²) in [6.45, 7) is -0.342. The molecule has 7 rings (SSSR count). The molecule has 0 bridgehead atoms. The first-order chi connectivity index (χ1) is 21.7. The van der Waals surface area contributed by atoms with Crippen LogP contribution in [0.15, 0.2) is 71.3 Å². The van der Waals surface area contributed by atoms with Crippen molar-refractivity contribution in [2.45, 2.75) is 12.7 Å². The Bertz CT molecular complexity index is 2130. The number of ether oxygens (including phenoxy) is 1. The lowest BCUT2D eigenvalue weighted by Crippen LogP contribution is -2.24. The minimum Gasteiger partial charge on any atom is -0.465 e. The highest BCUT2D eigenvalue weighted by molar-refractivity contribution is 7.81. The maximum atomic E-state index is 14.8. The number of thiol groups is 1. The Morgan fingerprint density at radius 3 is 2.67 bits per heavy atom. The van der Waals surface area contributed by atoms with Gasteiger partial charge in [-0.25, -0.2) is 18.2 Å². The van der Waals surface area contributed by atoms with E-state index in [2.05, 4.69) is 23.1 Å². The molecule has 13 heteroatoms. The SMILES string of the molecule is CNC(=O)c1c(-c2ccc(C(F)F)nc2)oc2cc(N(C)S)c(-c3ccc4c(n3)-c3cc5c(F)cccc5n3C(CO)O4)cc12. The standard InChI is InChI=1S/C32H24F3N5O4S/c1-36-32(42)28-18-10-17(23(39(2)45)12-26(18)44-30(28)15-6-7-21(31(34)35)37-13-15)20-8-9-25-29(38-20)24-11-16-19(33)4-3-5-22(16)40(24)27(14-41)43-25/h3-13,27,31,41,45H,14H2,1-2H3,(H,36,42). The number of amides is 1. The zero-order chi connectivity index (χ0) is 31.6. The van der Waals surface area contributed by atoms with Gasteiger partial charge in [0.05, 0.1) is 34.8 Å². The van der Waals surface area contributed by atoms with Crippen molar-refractivity contribution in [2.24, 2.45) is 0 Å². The van der Waals surface area contributed by atoms with Crippen LogP contribution in [0, 0.1) is 5.82 Å². The van der Waals surface area contributed by atoms with Crippen molar-refractivity contribution < 1.29 is 32.2 Å². The van der Waals surface area contributed by atoms with Crippen LogP contribution in [0.3, 0.4) is 0 Å². The zero-order valence-corrected chi connectivity index (χ0v) is 24.6. The van der Waals surface area contributed by atoms with Crippen molar-refractivity contribution in [1.29, 1.82) is 0 Å². The Kier molecular flexibility index (Phi) is 6.94. The number of fused-ring (bicyclic) bond motifs is 6. The molecule has 1 aliphatic heterocycles. The fraction of sp³-hybridized carbons (Fsp3) is 0.156. The average Bonchev–Trinajstić information content (AvgIpc) is 3.63. The molecule has 0 radical (unpaired) electrons. The van der Waals surface area contributed by atoms with E-state index in [1.165, 1.54) is 31.4 Å². The molecule has 1 atom stereocenters. The fourth-order valence-corrected chi connectivity index (χ4v) is 5.89. The second-order valence-electron chi connectivity index (χ2n) is 10.4. The molecular weight excluding hydrogens is 607 g/mol. The normalized spacial score (nSPS) is 14.0. The van der Waals surface area contributed by atoms with E-state index >= 15 is 0 Å². The number of aromatic nitrogens is 3. The molecule has 0 fully saturated rings. The highest BCUT2D eigenvalue weighted by Gasteiger charge is 2.30. The van der Waals surface area contributed by atoms with Crippen LogP contribution in [-0.4, -0.2) is 46.3 Å². The van der Waals surface area contributed by atoms with Gasteiger partial charge in [-0.2, -0.15) is 0 Å². The third-order valence-corrected chi connectivity index (χ3v) is 8.01. The number of carbonyl (C=O) groups is 1. The lowest BCUT2D eigenvalue weighted by atomic mass is 10.0. The van der Waals surface area contributed by atoms with Gasteiger partial charge >= 0.3 is 0 Å². The van der Waals surface area contributed by atoms with Crippen molar-refractivity contribution in [2.75, 3.05) is 25.0 Å². The second kappa shape index (κ2) is 10.9. The molecule has 228 valence electrons. The van der Waals surface area contributed by atoms with Gasteiger partial charge < -0.3 is 28.4 Å². The van der Waals surface area contributed by atoms with Crippen molar-refractivity contribution in [3.63, 3.8) is 0 Å². The van der Waals surface area contributed by atoms with E-state index in [4.69, 9.17) is 14.1 Å². The third kappa shape index (κ3) is 4.57. The molecule has 0 saturated carbocycles. The molecule has 9 nitrogen and oxygen atoms in total. The Labute approximate surface area is 259 Å². The van der Waals surface area contributed by atoms with Gasteiger partial charge in [0.25, 0.3) is 12.3 Å². The van der Waals surface area contributed by atoms with Crippen molar-refractivity contribution >= 4 is 46.3 Å². The Morgan fingerprint density at radius 2 is 1.98 bits per heavy atom. The number of anilines is 1. The summed E-state index contributed by atoms with van der Waals surface area (Å²) in [5.41, 5.74) is 3.71. The summed E-state index contributed by atoms with van der Waals surface area (Å²) in [6, 6.07) is 15.9. The van der Waals surface area contributed by atoms with Crippen LogP contribution >= 0.6 is 12.8 Å². The summed E-state index contributed by atoms with van der Waals surface area (Å²) in [6.07, 6.45) is -2.28. The van der Waals surface area contributed by atoms with Gasteiger partial charge in [0.2, 0.25) is 0 Å². The van der Waals surface area contributed by atoms with Crippen LogP contribution in [0.5, 0.6) is 5.75 Å². The molecule has 2 N–H and O–H groups in total. The molecule has 4 aromatic heterocycles. The lowest BCUT2D eigenvalue weighted by Gasteiger charge is -2.28. The number of furan rings is 1. The van der Waals surface area contributed by atoms with Crippen molar-refractivity contribution in [3.05, 3.63) is 83.9 Å². The predicted molar refractivity (Wildman–Crippen MR) is 166 cm³/mol. The van der Waals surface area contributed by atoms with E-state index in [0.29, 0.717) is 61.5 Å². The van der Waals surface area contributed by atoms with Gasteiger partial charge in [0.15, 0.2) is 6.23 Å². The molecule has 1 aliphatic rings. The fourth-order valence-electron chi connectivity index (χ4n) is 5.73. The molecule has 0 aliphatic carbocycles. The summed E-state index contributed by atoms with van der Waals surface area (Å²) < 4.78 is 56.6. The van der Waals surface area contributed by atoms with E-state index in [-0.39, 0.29) is 17.9 Å². The number of aliphatic hydroxyl groups excluding tert-OH is 1. The van der Waals surface area contributed by atoms with Gasteiger partial charge in [-0.05, 0) is 48.5 Å². The second-order valence-corrected chi connectivity index (χ2v) is 11.0. The minimum absolute atomic E-state index is 0.163. The molecule has 1 unspecified atom stereocenters. The van der Waals surface area contributed by atoms with E-state index < -0.39 is 30.1 Å². The predicted octanol–water partition coefficient (Wildman–Crippen LogP) is 6.78. The summed E-state index contributed by atoms with van der Waals surface area (Å²) >= 11 is 4.54. The molecule has 45 heavy (non-hydrogen) atoms. The largest absolute Gasteiger partial charge is 0.465 e. The summed E-state index contributed by atoms with van der Waals surface area (Å²) in [7, 11) is 3.20. The number of benzene rings is 2. The minimum atomic E-state index is -2.74. The van der Waals surface area contributed by atoms with Crippen LogP contribution in [0.25, 0.3) is 55.8 Å². The Morgan fingerprint density at radius 1 is 1.16 bits per heavy atom. The molecule has 2 aromatic carbocycles. The smallest absolute Gasteiger partial charge is 0.280 e. The van der Waals surface area contributed by atoms with E-state index in [9.17, 15) is 23.1 Å². The lowest BCUT2D eigenvalue weighted by molar-refractivity contribution is 0.0609. The van der Waals surface area contributed by atoms with Crippen LogP contribution in [0.1, 0.15) is 28.7 Å². The first-order valence-corrected chi connectivity index (χ1v) is 14.2. The molecule has 1 amide bonds. The number of hydrogen-bond donors (Lipinski definition) is 3. The number of aliphatic hydroxyl groups is 1. The first-order valence-electron chi connectivity index (χ1n) is 13.8. The highest BCUT2D eigenvalue weighted by atomic mass is 32.1. The van der Waals surface area contributed by atoms with Gasteiger partial charge in [-0.3, -0.25) is 9.78 Å². The Hall–Kier alpha value is -5.01. The van der Waals surface area contributed by atoms with Crippen LogP contribution in [-0.2, 0) is 0 Å². The van der Waals surface area contributed by atoms with E-state index in [0.717, 1.165) is 0 Å². The molecular formula is C32H24F3N5O4S. The number of alkyl halides is 2. The topological polar surface area (TPSA) is 106 Å². The van der Waals surface area contributed by atoms with Crippen LogP contribution in [0.2, 0.25) is 0 Å². The Balaban J connectivity index is 1.44. The number of rotatable bonds is 6. The quantitative estimate of drug-likeness (QED) is 0.174. The summed E-state index contributed by atoms with van der Waals surface area (Å²) in [4.78, 5) is 22.0. The van der Waals surface area contributed by atoms with E-state index in [1.807, 2.05) is 0 Å². The molecule has 6 aromatic rings. The summed E-state index contributed by atoms with van der Waals surface area (Å²) in [5.74, 6) is -0.291. The van der Waals surface area contributed by atoms with Gasteiger partial charge in [0, 0.05) is 48.3 Å². The molecule has 0 saturated heterocycles. The average molecular weight is 632 g/mol. The van der Waals surface area contributed by atoms with Gasteiger partial charge in [-0.1, -0.05) is 18.9 Å². The molecule has 5 heterocycles. The number of halogens is 3. The number of nitrogens with zero attached hydrogens (tertiary/aromatic N) is 4. The van der Waals surface area contributed by atoms with Gasteiger partial charge in [0.1, 0.15) is 34.3 Å². The number of carbonyl (C=O) groups excluding carboxylic acids is 1. The van der Waals surface area contributed by atoms with Crippen molar-refractivity contribution in [3.8, 4) is 39.7 Å². The number of pyridine rings is 2. The highest BCUT2D eigenvalue weighted by Crippen LogP contribution is 2.45.